The molecule has 20 heavy (non-hydrogen) atoms. The van der Waals surface area contributed by atoms with Crippen LogP contribution in [0, 0.1) is 11.8 Å². The second kappa shape index (κ2) is 6.12. The van der Waals surface area contributed by atoms with Crippen LogP contribution < -0.4 is 5.56 Å². The van der Waals surface area contributed by atoms with Gasteiger partial charge in [-0.05, 0) is 36.8 Å². The zero-order valence-electron chi connectivity index (χ0n) is 12.8. The molecule has 1 N–H and O–H groups in total. The first-order valence-corrected chi connectivity index (χ1v) is 7.37. The van der Waals surface area contributed by atoms with Crippen LogP contribution in [0.15, 0.2) is 35.1 Å². The summed E-state index contributed by atoms with van der Waals surface area (Å²) in [4.78, 5) is 12.6. The van der Waals surface area contributed by atoms with Crippen LogP contribution in [0.3, 0.4) is 0 Å². The summed E-state index contributed by atoms with van der Waals surface area (Å²) in [6.45, 7) is 8.66. The fourth-order valence-electron chi connectivity index (χ4n) is 2.47. The molecule has 3 nitrogen and oxygen atoms in total. The van der Waals surface area contributed by atoms with Gasteiger partial charge in [-0.3, -0.25) is 9.89 Å². The Morgan fingerprint density at radius 3 is 2.15 bits per heavy atom. The van der Waals surface area contributed by atoms with Crippen LogP contribution in [0.4, 0.5) is 0 Å². The molecule has 0 fully saturated rings. The average Bonchev–Trinajstić information content (AvgIpc) is 2.67. The van der Waals surface area contributed by atoms with Crippen LogP contribution in [0.25, 0.3) is 5.69 Å². The lowest BCUT2D eigenvalue weighted by Crippen LogP contribution is -2.18. The topological polar surface area (TPSA) is 37.8 Å². The predicted molar refractivity (Wildman–Crippen MR) is 83.5 cm³/mol. The summed E-state index contributed by atoms with van der Waals surface area (Å²) >= 11 is 0. The van der Waals surface area contributed by atoms with Gasteiger partial charge in [0, 0.05) is 11.3 Å². The van der Waals surface area contributed by atoms with Crippen molar-refractivity contribution in [1.29, 1.82) is 0 Å². The molecule has 1 aromatic heterocycles. The van der Waals surface area contributed by atoms with Crippen molar-refractivity contribution in [3.8, 4) is 5.69 Å². The van der Waals surface area contributed by atoms with Crippen LogP contribution in [-0.2, 0) is 12.8 Å². The summed E-state index contributed by atoms with van der Waals surface area (Å²) in [5.74, 6) is 1.01. The van der Waals surface area contributed by atoms with Gasteiger partial charge in [0.2, 0.25) is 0 Å². The van der Waals surface area contributed by atoms with Crippen LogP contribution in [0.1, 0.15) is 39.0 Å². The molecule has 0 atom stereocenters. The van der Waals surface area contributed by atoms with E-state index in [2.05, 4.69) is 32.8 Å². The predicted octanol–water partition coefficient (Wildman–Crippen LogP) is 3.56. The molecule has 0 radical (unpaired) electrons. The second-order valence-electron chi connectivity index (χ2n) is 6.24. The standard InChI is InChI=1S/C17H24N2O/c1-12(2)10-15-16(11-13(3)4)18-19(17(15)20)14-8-6-5-7-9-14/h5-9,12-13,18H,10-11H2,1-4H3. The first-order chi connectivity index (χ1) is 9.49. The molecule has 1 aromatic carbocycles. The van der Waals surface area contributed by atoms with Crippen molar-refractivity contribution in [3.05, 3.63) is 51.9 Å². The number of rotatable bonds is 5. The maximum atomic E-state index is 12.6. The molecule has 1 heterocycles. The number of aromatic nitrogens is 2. The smallest absolute Gasteiger partial charge is 0.274 e. The number of nitrogens with one attached hydrogen (secondary N) is 1. The Balaban J connectivity index is 2.49. The minimum absolute atomic E-state index is 0.0977. The highest BCUT2D eigenvalue weighted by atomic mass is 16.1. The lowest BCUT2D eigenvalue weighted by molar-refractivity contribution is 0.607. The largest absolute Gasteiger partial charge is 0.295 e. The van der Waals surface area contributed by atoms with E-state index in [1.54, 1.807) is 4.68 Å². The average molecular weight is 272 g/mol. The summed E-state index contributed by atoms with van der Waals surface area (Å²) in [5, 5.41) is 3.31. The van der Waals surface area contributed by atoms with Gasteiger partial charge in [-0.1, -0.05) is 45.9 Å². The third kappa shape index (κ3) is 3.21. The maximum Gasteiger partial charge on any atom is 0.274 e. The molecule has 2 aromatic rings. The van der Waals surface area contributed by atoms with Crippen molar-refractivity contribution >= 4 is 0 Å². The Bertz CT molecular complexity index is 606. The van der Waals surface area contributed by atoms with E-state index >= 15 is 0 Å². The molecule has 0 aliphatic rings. The molecular formula is C17H24N2O. The Morgan fingerprint density at radius 1 is 1.00 bits per heavy atom. The summed E-state index contributed by atoms with van der Waals surface area (Å²) in [7, 11) is 0. The van der Waals surface area contributed by atoms with Gasteiger partial charge < -0.3 is 0 Å². The van der Waals surface area contributed by atoms with Crippen LogP contribution in [-0.4, -0.2) is 9.78 Å². The molecule has 0 unspecified atom stereocenters. The Labute approximate surface area is 120 Å². The van der Waals surface area contributed by atoms with Gasteiger partial charge in [-0.15, -0.1) is 0 Å². The highest BCUT2D eigenvalue weighted by molar-refractivity contribution is 5.33. The number of hydrogen-bond acceptors (Lipinski definition) is 1. The Morgan fingerprint density at radius 2 is 1.60 bits per heavy atom. The fourth-order valence-corrected chi connectivity index (χ4v) is 2.47. The van der Waals surface area contributed by atoms with Gasteiger partial charge in [0.05, 0.1) is 5.69 Å². The van der Waals surface area contributed by atoms with E-state index in [0.717, 1.165) is 29.8 Å². The van der Waals surface area contributed by atoms with Crippen molar-refractivity contribution in [2.75, 3.05) is 0 Å². The molecule has 0 saturated heterocycles. The van der Waals surface area contributed by atoms with Crippen molar-refractivity contribution in [2.45, 2.75) is 40.5 Å². The monoisotopic (exact) mass is 272 g/mol. The molecular weight excluding hydrogens is 248 g/mol. The molecule has 0 aliphatic carbocycles. The van der Waals surface area contributed by atoms with E-state index in [1.807, 2.05) is 30.3 Å². The van der Waals surface area contributed by atoms with E-state index in [1.165, 1.54) is 0 Å². The summed E-state index contributed by atoms with van der Waals surface area (Å²) < 4.78 is 1.68. The van der Waals surface area contributed by atoms with Gasteiger partial charge in [0.1, 0.15) is 0 Å². The second-order valence-corrected chi connectivity index (χ2v) is 6.24. The highest BCUT2D eigenvalue weighted by Crippen LogP contribution is 2.15. The minimum atomic E-state index is 0.0977. The van der Waals surface area contributed by atoms with E-state index < -0.39 is 0 Å². The van der Waals surface area contributed by atoms with Crippen molar-refractivity contribution in [1.82, 2.24) is 9.78 Å². The van der Waals surface area contributed by atoms with Crippen molar-refractivity contribution < 1.29 is 0 Å². The number of H-pyrrole nitrogens is 1. The van der Waals surface area contributed by atoms with E-state index in [0.29, 0.717) is 11.8 Å². The van der Waals surface area contributed by atoms with Gasteiger partial charge in [0.15, 0.2) is 0 Å². The lowest BCUT2D eigenvalue weighted by atomic mass is 9.99. The number of aromatic amines is 1. The number of nitrogens with zero attached hydrogens (tertiary/aromatic N) is 1. The normalized spacial score (nSPS) is 11.5. The van der Waals surface area contributed by atoms with Crippen molar-refractivity contribution in [2.24, 2.45) is 11.8 Å². The van der Waals surface area contributed by atoms with Gasteiger partial charge in [0.25, 0.3) is 5.56 Å². The number of para-hydroxylation sites is 1. The Kier molecular flexibility index (Phi) is 4.48. The van der Waals surface area contributed by atoms with E-state index in [-0.39, 0.29) is 5.56 Å². The summed E-state index contributed by atoms with van der Waals surface area (Å²) in [6, 6.07) is 9.77. The fraction of sp³-hybridized carbons (Fsp3) is 0.471. The van der Waals surface area contributed by atoms with Crippen LogP contribution in [0.5, 0.6) is 0 Å². The first-order valence-electron chi connectivity index (χ1n) is 7.37. The number of benzene rings is 1. The summed E-state index contributed by atoms with van der Waals surface area (Å²) in [6.07, 6.45) is 1.74. The third-order valence-electron chi connectivity index (χ3n) is 3.31. The molecule has 0 spiro atoms. The third-order valence-corrected chi connectivity index (χ3v) is 3.31. The highest BCUT2D eigenvalue weighted by Gasteiger charge is 2.16. The van der Waals surface area contributed by atoms with Gasteiger partial charge >= 0.3 is 0 Å². The first kappa shape index (κ1) is 14.6. The molecule has 0 bridgehead atoms. The zero-order chi connectivity index (χ0) is 14.7. The minimum Gasteiger partial charge on any atom is -0.295 e. The van der Waals surface area contributed by atoms with Gasteiger partial charge in [-0.25, -0.2) is 4.68 Å². The molecule has 3 heteroatoms. The lowest BCUT2D eigenvalue weighted by Gasteiger charge is -2.06. The molecule has 0 aliphatic heterocycles. The van der Waals surface area contributed by atoms with Crippen LogP contribution in [0.2, 0.25) is 0 Å². The number of hydrogen-bond donors (Lipinski definition) is 1. The molecule has 0 saturated carbocycles. The van der Waals surface area contributed by atoms with Crippen LogP contribution >= 0.6 is 0 Å². The quantitative estimate of drug-likeness (QED) is 0.888. The van der Waals surface area contributed by atoms with Gasteiger partial charge in [-0.2, -0.15) is 0 Å². The molecule has 0 amide bonds. The summed E-state index contributed by atoms with van der Waals surface area (Å²) in [5.41, 5.74) is 3.03. The molecule has 2 rings (SSSR count). The SMILES string of the molecule is CC(C)Cc1[nH]n(-c2ccccc2)c(=O)c1CC(C)C. The van der Waals surface area contributed by atoms with Crippen molar-refractivity contribution in [3.63, 3.8) is 0 Å². The van der Waals surface area contributed by atoms with E-state index in [4.69, 9.17) is 0 Å². The van der Waals surface area contributed by atoms with E-state index in [9.17, 15) is 4.79 Å². The Hall–Kier alpha value is -1.77. The zero-order valence-corrected chi connectivity index (χ0v) is 12.8. The maximum absolute atomic E-state index is 12.6. The molecule has 108 valence electrons.